The Bertz CT molecular complexity index is 629. The van der Waals surface area contributed by atoms with Gasteiger partial charge in [-0.05, 0) is 62.9 Å². The lowest BCUT2D eigenvalue weighted by Gasteiger charge is -2.29. The van der Waals surface area contributed by atoms with Crippen LogP contribution in [0.4, 0.5) is 0 Å². The van der Waals surface area contributed by atoms with E-state index < -0.39 is 0 Å². The van der Waals surface area contributed by atoms with Gasteiger partial charge in [0.05, 0.1) is 13.0 Å². The van der Waals surface area contributed by atoms with E-state index in [1.807, 2.05) is 38.4 Å². The average molecular weight is 330 g/mol. The number of nitrogens with zero attached hydrogens (tertiary/aromatic N) is 1. The molecule has 2 saturated carbocycles. The Balaban J connectivity index is 1.73. The lowest BCUT2D eigenvalue weighted by Crippen LogP contribution is -2.47. The number of methoxy groups -OCH3 is 1. The Morgan fingerprint density at radius 3 is 2.71 bits per heavy atom. The summed E-state index contributed by atoms with van der Waals surface area (Å²) >= 11 is 0. The first-order valence-corrected chi connectivity index (χ1v) is 8.62. The van der Waals surface area contributed by atoms with Crippen LogP contribution in [0.2, 0.25) is 0 Å². The SMILES string of the molecule is COC(=O)[C@@H]1[C@H]2CC[C@@H](C2)[C@@H]1NC(=O)c1cccc(CN(C)C)c1. The maximum atomic E-state index is 12.7. The number of carbonyl (C=O) groups is 2. The van der Waals surface area contributed by atoms with Crippen molar-refractivity contribution in [3.05, 3.63) is 35.4 Å². The Kier molecular flexibility index (Phi) is 4.90. The molecule has 2 aliphatic rings. The average Bonchev–Trinajstić information content (AvgIpc) is 3.15. The van der Waals surface area contributed by atoms with Gasteiger partial charge in [-0.15, -0.1) is 0 Å². The third kappa shape index (κ3) is 3.31. The normalized spacial score (nSPS) is 28.2. The van der Waals surface area contributed by atoms with Crippen LogP contribution in [0, 0.1) is 17.8 Å². The van der Waals surface area contributed by atoms with E-state index in [4.69, 9.17) is 4.74 Å². The zero-order valence-electron chi connectivity index (χ0n) is 14.6. The summed E-state index contributed by atoms with van der Waals surface area (Å²) < 4.78 is 4.97. The molecule has 0 aromatic heterocycles. The Labute approximate surface area is 143 Å². The molecule has 4 atom stereocenters. The van der Waals surface area contributed by atoms with Gasteiger partial charge in [0.15, 0.2) is 0 Å². The van der Waals surface area contributed by atoms with Crippen LogP contribution in [0.3, 0.4) is 0 Å². The first-order valence-electron chi connectivity index (χ1n) is 8.62. The van der Waals surface area contributed by atoms with Gasteiger partial charge in [0, 0.05) is 18.2 Å². The van der Waals surface area contributed by atoms with Gasteiger partial charge in [0.25, 0.3) is 5.91 Å². The second kappa shape index (κ2) is 6.93. The van der Waals surface area contributed by atoms with Crippen molar-refractivity contribution in [1.82, 2.24) is 10.2 Å². The third-order valence-corrected chi connectivity index (χ3v) is 5.38. The summed E-state index contributed by atoms with van der Waals surface area (Å²) in [7, 11) is 5.43. The Hall–Kier alpha value is -1.88. The number of amides is 1. The largest absolute Gasteiger partial charge is 0.469 e. The van der Waals surface area contributed by atoms with Crippen molar-refractivity contribution in [2.24, 2.45) is 17.8 Å². The quantitative estimate of drug-likeness (QED) is 0.840. The van der Waals surface area contributed by atoms with Crippen molar-refractivity contribution >= 4 is 11.9 Å². The van der Waals surface area contributed by atoms with Crippen LogP contribution in [-0.4, -0.2) is 44.0 Å². The summed E-state index contributed by atoms with van der Waals surface area (Å²) in [5.74, 6) is 0.277. The van der Waals surface area contributed by atoms with Gasteiger partial charge in [-0.2, -0.15) is 0 Å². The van der Waals surface area contributed by atoms with Crippen LogP contribution in [0.25, 0.3) is 0 Å². The van der Waals surface area contributed by atoms with Crippen LogP contribution in [0.5, 0.6) is 0 Å². The number of hydrogen-bond donors (Lipinski definition) is 1. The summed E-state index contributed by atoms with van der Waals surface area (Å²) in [6.45, 7) is 0.792. The summed E-state index contributed by atoms with van der Waals surface area (Å²) in [6, 6.07) is 7.59. The number of nitrogens with one attached hydrogen (secondary N) is 1. The van der Waals surface area contributed by atoms with Gasteiger partial charge in [0.2, 0.25) is 0 Å². The predicted octanol–water partition coefficient (Wildman–Crippen LogP) is 2.07. The number of rotatable bonds is 5. The number of fused-ring (bicyclic) bond motifs is 2. The van der Waals surface area contributed by atoms with Crippen LogP contribution in [0.15, 0.2) is 24.3 Å². The van der Waals surface area contributed by atoms with Gasteiger partial charge >= 0.3 is 5.97 Å². The standard InChI is InChI=1S/C19H26N2O3/c1-21(2)11-12-5-4-6-15(9-12)18(22)20-17-14-8-7-13(10-14)16(17)19(23)24-3/h4-6,9,13-14,16-17H,7-8,10-11H2,1-3H3,(H,20,22)/t13-,14-,16+,17-/m0/s1. The fourth-order valence-electron chi connectivity index (χ4n) is 4.39. The fraction of sp³-hybridized carbons (Fsp3) is 0.579. The first kappa shape index (κ1) is 17.0. The van der Waals surface area contributed by atoms with Crippen molar-refractivity contribution < 1.29 is 14.3 Å². The lowest BCUT2D eigenvalue weighted by molar-refractivity contribution is -0.148. The molecule has 130 valence electrons. The Morgan fingerprint density at radius 1 is 1.25 bits per heavy atom. The van der Waals surface area contributed by atoms with Gasteiger partial charge in [-0.3, -0.25) is 9.59 Å². The topological polar surface area (TPSA) is 58.6 Å². The number of carbonyl (C=O) groups excluding carboxylic acids is 2. The molecule has 0 spiro atoms. The highest BCUT2D eigenvalue weighted by Crippen LogP contribution is 2.49. The van der Waals surface area contributed by atoms with Crippen LogP contribution < -0.4 is 5.32 Å². The van der Waals surface area contributed by atoms with Gasteiger partial charge in [-0.1, -0.05) is 12.1 Å². The third-order valence-electron chi connectivity index (χ3n) is 5.38. The van der Waals surface area contributed by atoms with Crippen molar-refractivity contribution in [3.63, 3.8) is 0 Å². The summed E-state index contributed by atoms with van der Waals surface area (Å²) in [5.41, 5.74) is 1.76. The molecule has 2 bridgehead atoms. The highest BCUT2D eigenvalue weighted by Gasteiger charge is 2.52. The lowest BCUT2D eigenvalue weighted by atomic mass is 9.84. The molecule has 1 amide bonds. The van der Waals surface area contributed by atoms with E-state index in [2.05, 4.69) is 10.2 Å². The van der Waals surface area contributed by atoms with Crippen LogP contribution in [0.1, 0.15) is 35.2 Å². The molecule has 3 rings (SSSR count). The highest BCUT2D eigenvalue weighted by atomic mass is 16.5. The molecule has 2 aliphatic carbocycles. The van der Waals surface area contributed by atoms with Gasteiger partial charge in [-0.25, -0.2) is 0 Å². The molecule has 0 saturated heterocycles. The number of ether oxygens (including phenoxy) is 1. The molecular formula is C19H26N2O3. The summed E-state index contributed by atoms with van der Waals surface area (Å²) in [5, 5.41) is 3.12. The monoisotopic (exact) mass is 330 g/mol. The molecular weight excluding hydrogens is 304 g/mol. The minimum atomic E-state index is -0.192. The van der Waals surface area contributed by atoms with Crippen molar-refractivity contribution in [2.75, 3.05) is 21.2 Å². The number of hydrogen-bond acceptors (Lipinski definition) is 4. The first-order chi connectivity index (χ1) is 11.5. The molecule has 0 heterocycles. The van der Waals surface area contributed by atoms with E-state index in [-0.39, 0.29) is 23.8 Å². The van der Waals surface area contributed by atoms with E-state index in [1.54, 1.807) is 0 Å². The fourth-order valence-corrected chi connectivity index (χ4v) is 4.39. The van der Waals surface area contributed by atoms with E-state index in [1.165, 1.54) is 7.11 Å². The Morgan fingerprint density at radius 2 is 2.00 bits per heavy atom. The second-order valence-electron chi connectivity index (χ2n) is 7.32. The van der Waals surface area contributed by atoms with Gasteiger partial charge < -0.3 is 15.0 Å². The second-order valence-corrected chi connectivity index (χ2v) is 7.32. The van der Waals surface area contributed by atoms with E-state index in [9.17, 15) is 9.59 Å². The van der Waals surface area contributed by atoms with E-state index in [0.29, 0.717) is 17.4 Å². The highest BCUT2D eigenvalue weighted by molar-refractivity contribution is 5.95. The molecule has 2 fully saturated rings. The molecule has 24 heavy (non-hydrogen) atoms. The maximum absolute atomic E-state index is 12.7. The molecule has 1 aromatic rings. The maximum Gasteiger partial charge on any atom is 0.311 e. The zero-order chi connectivity index (χ0) is 17.3. The molecule has 0 radical (unpaired) electrons. The molecule has 0 unspecified atom stereocenters. The van der Waals surface area contributed by atoms with Crippen LogP contribution >= 0.6 is 0 Å². The molecule has 0 aliphatic heterocycles. The summed E-state index contributed by atoms with van der Waals surface area (Å²) in [6.07, 6.45) is 3.17. The zero-order valence-corrected chi connectivity index (χ0v) is 14.6. The number of esters is 1. The predicted molar refractivity (Wildman–Crippen MR) is 91.4 cm³/mol. The number of benzene rings is 1. The van der Waals surface area contributed by atoms with Crippen molar-refractivity contribution in [3.8, 4) is 0 Å². The van der Waals surface area contributed by atoms with Crippen LogP contribution in [-0.2, 0) is 16.1 Å². The molecule has 5 heteroatoms. The van der Waals surface area contributed by atoms with Crippen molar-refractivity contribution in [1.29, 1.82) is 0 Å². The molecule has 1 aromatic carbocycles. The molecule has 5 nitrogen and oxygen atoms in total. The van der Waals surface area contributed by atoms with E-state index in [0.717, 1.165) is 31.4 Å². The van der Waals surface area contributed by atoms with Crippen molar-refractivity contribution in [2.45, 2.75) is 31.8 Å². The van der Waals surface area contributed by atoms with Gasteiger partial charge in [0.1, 0.15) is 0 Å². The minimum absolute atomic E-state index is 0.0953. The van der Waals surface area contributed by atoms with E-state index >= 15 is 0 Å². The summed E-state index contributed by atoms with van der Waals surface area (Å²) in [4.78, 5) is 26.9. The smallest absolute Gasteiger partial charge is 0.311 e. The minimum Gasteiger partial charge on any atom is -0.469 e. The molecule has 1 N–H and O–H groups in total.